The van der Waals surface area contributed by atoms with Crippen LogP contribution >= 0.6 is 0 Å². The van der Waals surface area contributed by atoms with E-state index >= 15 is 0 Å². The van der Waals surface area contributed by atoms with Crippen molar-refractivity contribution < 1.29 is 9.15 Å². The van der Waals surface area contributed by atoms with E-state index in [4.69, 9.17) is 9.15 Å². The van der Waals surface area contributed by atoms with E-state index in [9.17, 15) is 0 Å². The highest BCUT2D eigenvalue weighted by atomic mass is 16.5. The maximum atomic E-state index is 5.89. The Kier molecular flexibility index (Phi) is 5.67. The molecular weight excluding hydrogens is 400 g/mol. The van der Waals surface area contributed by atoms with Crippen LogP contribution in [0.3, 0.4) is 0 Å². The predicted octanol–water partition coefficient (Wildman–Crippen LogP) is 5.66. The van der Waals surface area contributed by atoms with Crippen molar-refractivity contribution in [2.24, 2.45) is 0 Å². The largest absolute Gasteiger partial charge is 0.486 e. The molecule has 0 aliphatic heterocycles. The molecule has 32 heavy (non-hydrogen) atoms. The first-order valence-electron chi connectivity index (χ1n) is 11.1. The lowest BCUT2D eigenvalue weighted by atomic mass is 9.65. The number of ether oxygens (including phenoxy) is 1. The van der Waals surface area contributed by atoms with Crippen molar-refractivity contribution in [1.29, 1.82) is 0 Å². The van der Waals surface area contributed by atoms with Crippen molar-refractivity contribution in [1.82, 2.24) is 20.2 Å². The van der Waals surface area contributed by atoms with Gasteiger partial charge in [0.25, 0.3) is 0 Å². The Morgan fingerprint density at radius 3 is 2.12 bits per heavy atom. The minimum absolute atomic E-state index is 0.0165. The Balaban J connectivity index is 1.39. The first kappa shape index (κ1) is 20.4. The zero-order valence-electron chi connectivity index (χ0n) is 18.2. The van der Waals surface area contributed by atoms with Crippen molar-refractivity contribution in [2.45, 2.75) is 51.0 Å². The molecule has 1 aliphatic rings. The number of aromatic nitrogens is 4. The summed E-state index contributed by atoms with van der Waals surface area (Å²) in [7, 11) is 0. The molecule has 1 fully saturated rings. The second-order valence-corrected chi connectivity index (χ2v) is 8.32. The normalized spacial score (nSPS) is 15.4. The second-order valence-electron chi connectivity index (χ2n) is 8.32. The quantitative estimate of drug-likeness (QED) is 0.396. The maximum Gasteiger partial charge on any atom is 0.247 e. The van der Waals surface area contributed by atoms with E-state index in [2.05, 4.69) is 68.7 Å². The van der Waals surface area contributed by atoms with E-state index in [0.717, 1.165) is 24.2 Å². The van der Waals surface area contributed by atoms with Crippen molar-refractivity contribution in [3.63, 3.8) is 0 Å². The molecule has 0 spiro atoms. The summed E-state index contributed by atoms with van der Waals surface area (Å²) in [6, 6.07) is 19.0. The molecule has 4 aromatic rings. The molecule has 0 atom stereocenters. The van der Waals surface area contributed by atoms with Crippen molar-refractivity contribution >= 4 is 0 Å². The van der Waals surface area contributed by atoms with Crippen LogP contribution in [-0.4, -0.2) is 20.2 Å². The molecule has 0 saturated heterocycles. The van der Waals surface area contributed by atoms with Gasteiger partial charge in [-0.05, 0) is 54.3 Å². The van der Waals surface area contributed by atoms with E-state index in [1.165, 1.54) is 30.4 Å². The summed E-state index contributed by atoms with van der Waals surface area (Å²) < 4.78 is 11.5. The average molecular weight is 427 g/mol. The Hall–Kier alpha value is -3.54. The zero-order chi connectivity index (χ0) is 21.8. The van der Waals surface area contributed by atoms with Crippen molar-refractivity contribution in [3.05, 3.63) is 89.8 Å². The minimum atomic E-state index is 0.0165. The van der Waals surface area contributed by atoms with Gasteiger partial charge >= 0.3 is 0 Å². The van der Waals surface area contributed by atoms with Crippen LogP contribution in [0.4, 0.5) is 0 Å². The first-order chi connectivity index (χ1) is 15.7. The number of hydrogen-bond donors (Lipinski definition) is 0. The van der Waals surface area contributed by atoms with Crippen LogP contribution in [0.15, 0.2) is 71.4 Å². The monoisotopic (exact) mass is 426 g/mol. The van der Waals surface area contributed by atoms with Gasteiger partial charge in [0, 0.05) is 30.3 Å². The van der Waals surface area contributed by atoms with Gasteiger partial charge in [-0.2, -0.15) is 0 Å². The van der Waals surface area contributed by atoms with Gasteiger partial charge in [0.1, 0.15) is 12.4 Å². The zero-order valence-corrected chi connectivity index (χ0v) is 18.2. The van der Waals surface area contributed by atoms with Gasteiger partial charge in [0.15, 0.2) is 5.82 Å². The fourth-order valence-corrected chi connectivity index (χ4v) is 4.67. The minimum Gasteiger partial charge on any atom is -0.486 e. The van der Waals surface area contributed by atoms with E-state index < -0.39 is 0 Å². The Bertz CT molecular complexity index is 1150. The Labute approximate surface area is 187 Å². The van der Waals surface area contributed by atoms with Gasteiger partial charge in [0.2, 0.25) is 11.8 Å². The molecule has 0 N–H and O–H groups in total. The van der Waals surface area contributed by atoms with Crippen LogP contribution in [-0.2, 0) is 12.0 Å². The molecule has 2 heterocycles. The lowest BCUT2D eigenvalue weighted by Gasteiger charge is -2.38. The summed E-state index contributed by atoms with van der Waals surface area (Å²) in [5.41, 5.74) is 3.64. The van der Waals surface area contributed by atoms with E-state index in [1.54, 1.807) is 18.5 Å². The van der Waals surface area contributed by atoms with Crippen LogP contribution in [0.1, 0.15) is 54.9 Å². The molecule has 2 aromatic heterocycles. The van der Waals surface area contributed by atoms with E-state index in [1.807, 2.05) is 6.92 Å². The Morgan fingerprint density at radius 1 is 0.844 bits per heavy atom. The highest BCUT2D eigenvalue weighted by Crippen LogP contribution is 2.45. The molecule has 0 amide bonds. The molecule has 0 bridgehead atoms. The molecule has 6 heteroatoms. The summed E-state index contributed by atoms with van der Waals surface area (Å²) in [4.78, 5) is 8.43. The number of aryl methyl sites for hydroxylation is 1. The molecule has 0 unspecified atom stereocenters. The third-order valence-corrected chi connectivity index (χ3v) is 6.31. The number of hydrogen-bond acceptors (Lipinski definition) is 6. The average Bonchev–Trinajstić information content (AvgIpc) is 3.30. The summed E-state index contributed by atoms with van der Waals surface area (Å²) in [6.45, 7) is 2.17. The SMILES string of the molecule is Cc1nnc(-c2ccc(C3(c4ccc(OCc5ncccn5)cc4)CCCCC3)cc2)o1. The van der Waals surface area contributed by atoms with Crippen LogP contribution in [0, 0.1) is 6.92 Å². The van der Waals surface area contributed by atoms with Gasteiger partial charge in [-0.1, -0.05) is 43.5 Å². The van der Waals surface area contributed by atoms with Gasteiger partial charge in [-0.15, -0.1) is 10.2 Å². The molecule has 162 valence electrons. The molecule has 0 radical (unpaired) electrons. The fourth-order valence-electron chi connectivity index (χ4n) is 4.67. The van der Waals surface area contributed by atoms with E-state index in [-0.39, 0.29) is 5.41 Å². The summed E-state index contributed by atoms with van der Waals surface area (Å²) in [6.07, 6.45) is 9.50. The molecular formula is C26H26N4O2. The Morgan fingerprint density at radius 2 is 1.50 bits per heavy atom. The van der Waals surface area contributed by atoms with Gasteiger partial charge in [-0.3, -0.25) is 0 Å². The van der Waals surface area contributed by atoms with Crippen LogP contribution in [0.2, 0.25) is 0 Å². The topological polar surface area (TPSA) is 73.9 Å². The summed E-state index contributed by atoms with van der Waals surface area (Å²) >= 11 is 0. The fraction of sp³-hybridized carbons (Fsp3) is 0.308. The maximum absolute atomic E-state index is 5.89. The van der Waals surface area contributed by atoms with Crippen LogP contribution < -0.4 is 4.74 Å². The standard InChI is InChI=1S/C26H26N4O2/c1-19-29-30-25(32-19)20-6-8-21(9-7-20)26(14-3-2-4-15-26)22-10-12-23(13-11-22)31-18-24-27-16-5-17-28-24/h5-13,16-17H,2-4,14-15,18H2,1H3. The number of benzene rings is 2. The molecule has 5 rings (SSSR count). The van der Waals surface area contributed by atoms with Crippen LogP contribution in [0.25, 0.3) is 11.5 Å². The van der Waals surface area contributed by atoms with Crippen molar-refractivity contribution in [3.8, 4) is 17.2 Å². The van der Waals surface area contributed by atoms with Crippen molar-refractivity contribution in [2.75, 3.05) is 0 Å². The van der Waals surface area contributed by atoms with Gasteiger partial charge in [-0.25, -0.2) is 9.97 Å². The number of nitrogens with zero attached hydrogens (tertiary/aromatic N) is 4. The molecule has 1 saturated carbocycles. The first-order valence-corrected chi connectivity index (χ1v) is 11.1. The summed E-state index contributed by atoms with van der Waals surface area (Å²) in [5, 5.41) is 8.09. The van der Waals surface area contributed by atoms with E-state index in [0.29, 0.717) is 24.2 Å². The lowest BCUT2D eigenvalue weighted by Crippen LogP contribution is -2.30. The molecule has 2 aromatic carbocycles. The molecule has 1 aliphatic carbocycles. The predicted molar refractivity (Wildman–Crippen MR) is 121 cm³/mol. The third-order valence-electron chi connectivity index (χ3n) is 6.31. The number of rotatable bonds is 6. The second kappa shape index (κ2) is 8.91. The highest BCUT2D eigenvalue weighted by molar-refractivity contribution is 5.55. The summed E-state index contributed by atoms with van der Waals surface area (Å²) in [5.74, 6) is 2.65. The van der Waals surface area contributed by atoms with Gasteiger partial charge in [0.05, 0.1) is 0 Å². The lowest BCUT2D eigenvalue weighted by molar-refractivity contribution is 0.295. The smallest absolute Gasteiger partial charge is 0.247 e. The van der Waals surface area contributed by atoms with Gasteiger partial charge < -0.3 is 9.15 Å². The highest BCUT2D eigenvalue weighted by Gasteiger charge is 2.35. The molecule has 6 nitrogen and oxygen atoms in total. The van der Waals surface area contributed by atoms with Crippen LogP contribution in [0.5, 0.6) is 5.75 Å². The third kappa shape index (κ3) is 4.13.